The van der Waals surface area contributed by atoms with E-state index in [1.807, 2.05) is 6.07 Å². The molecule has 4 rings (SSSR count). The van der Waals surface area contributed by atoms with Crippen molar-refractivity contribution in [2.45, 2.75) is 25.1 Å². The zero-order valence-electron chi connectivity index (χ0n) is 19.8. The predicted octanol–water partition coefficient (Wildman–Crippen LogP) is 5.61. The first kappa shape index (κ1) is 25.3. The topological polar surface area (TPSA) is 48.0 Å². The van der Waals surface area contributed by atoms with Gasteiger partial charge in [-0.05, 0) is 65.6 Å². The second-order valence-electron chi connectivity index (χ2n) is 8.40. The van der Waals surface area contributed by atoms with Crippen molar-refractivity contribution >= 4 is 5.91 Å². The van der Waals surface area contributed by atoms with Gasteiger partial charge in [0, 0.05) is 6.54 Å². The van der Waals surface area contributed by atoms with Crippen LogP contribution in [-0.4, -0.2) is 38.2 Å². The predicted molar refractivity (Wildman–Crippen MR) is 125 cm³/mol. The van der Waals surface area contributed by atoms with Crippen LogP contribution in [0.1, 0.15) is 28.3 Å². The van der Waals surface area contributed by atoms with Gasteiger partial charge in [0.05, 0.1) is 32.2 Å². The molecule has 1 heterocycles. The number of nitrogens with zero attached hydrogens (tertiary/aromatic N) is 1. The third kappa shape index (κ3) is 5.56. The van der Waals surface area contributed by atoms with Crippen molar-refractivity contribution in [3.8, 4) is 17.2 Å². The molecule has 1 amide bonds. The standard InChI is InChI=1S/C27H25F4NO4/c1-34-24-13-18-10-11-32(26(33)12-17-6-8-20(28)9-7-17)23(22(18)15-25(24)35-2)16-36-21-5-3-4-19(14-21)27(29,30)31/h3-9,13-15,23H,10-12,16H2,1-2H3. The van der Waals surface area contributed by atoms with Crippen LogP contribution in [0.25, 0.3) is 0 Å². The summed E-state index contributed by atoms with van der Waals surface area (Å²) in [5, 5.41) is 0. The molecule has 0 aromatic heterocycles. The molecule has 0 fully saturated rings. The highest BCUT2D eigenvalue weighted by atomic mass is 19.4. The lowest BCUT2D eigenvalue weighted by atomic mass is 9.91. The monoisotopic (exact) mass is 503 g/mol. The Kier molecular flexibility index (Phi) is 7.37. The Morgan fingerprint density at radius 3 is 2.36 bits per heavy atom. The molecule has 0 aliphatic carbocycles. The average molecular weight is 503 g/mol. The minimum atomic E-state index is -4.50. The van der Waals surface area contributed by atoms with Crippen LogP contribution < -0.4 is 14.2 Å². The summed E-state index contributed by atoms with van der Waals surface area (Å²) in [5.41, 5.74) is 1.52. The number of fused-ring (bicyclic) bond motifs is 1. The van der Waals surface area contributed by atoms with E-state index in [1.165, 1.54) is 38.5 Å². The van der Waals surface area contributed by atoms with Crippen molar-refractivity contribution < 1.29 is 36.6 Å². The summed E-state index contributed by atoms with van der Waals surface area (Å²) in [6, 6.07) is 13.3. The van der Waals surface area contributed by atoms with E-state index in [-0.39, 0.29) is 24.7 Å². The number of alkyl halides is 3. The van der Waals surface area contributed by atoms with Crippen LogP contribution >= 0.6 is 0 Å². The van der Waals surface area contributed by atoms with E-state index in [2.05, 4.69) is 0 Å². The summed E-state index contributed by atoms with van der Waals surface area (Å²) >= 11 is 0. The van der Waals surface area contributed by atoms with Crippen molar-refractivity contribution in [3.63, 3.8) is 0 Å². The fraction of sp³-hybridized carbons (Fsp3) is 0.296. The molecule has 1 aliphatic heterocycles. The van der Waals surface area contributed by atoms with E-state index in [0.717, 1.165) is 23.3 Å². The lowest BCUT2D eigenvalue weighted by Crippen LogP contribution is -2.43. The van der Waals surface area contributed by atoms with E-state index < -0.39 is 23.6 Å². The van der Waals surface area contributed by atoms with E-state index in [1.54, 1.807) is 23.1 Å². The van der Waals surface area contributed by atoms with Gasteiger partial charge in [0.2, 0.25) is 5.91 Å². The number of halogens is 4. The number of carbonyl (C=O) groups is 1. The summed E-state index contributed by atoms with van der Waals surface area (Å²) in [7, 11) is 3.03. The van der Waals surface area contributed by atoms with Gasteiger partial charge in [-0.1, -0.05) is 18.2 Å². The van der Waals surface area contributed by atoms with Crippen molar-refractivity contribution in [1.29, 1.82) is 0 Å². The molecule has 1 unspecified atom stereocenters. The number of hydrogen-bond acceptors (Lipinski definition) is 4. The number of hydrogen-bond donors (Lipinski definition) is 0. The maximum absolute atomic E-state index is 13.3. The minimum absolute atomic E-state index is 0.0446. The van der Waals surface area contributed by atoms with Gasteiger partial charge in [-0.2, -0.15) is 13.2 Å². The average Bonchev–Trinajstić information content (AvgIpc) is 2.87. The van der Waals surface area contributed by atoms with Crippen LogP contribution in [0.4, 0.5) is 17.6 Å². The Morgan fingerprint density at radius 1 is 1.00 bits per heavy atom. The highest BCUT2D eigenvalue weighted by Gasteiger charge is 2.34. The van der Waals surface area contributed by atoms with Crippen molar-refractivity contribution in [2.75, 3.05) is 27.4 Å². The SMILES string of the molecule is COc1cc2c(cc1OC)C(COc1cccc(C(F)(F)F)c1)N(C(=O)Cc1ccc(F)cc1)CC2. The third-order valence-corrected chi connectivity index (χ3v) is 6.16. The number of rotatable bonds is 7. The zero-order chi connectivity index (χ0) is 25.9. The molecule has 36 heavy (non-hydrogen) atoms. The van der Waals surface area contributed by atoms with Crippen LogP contribution in [0.5, 0.6) is 17.2 Å². The molecule has 0 radical (unpaired) electrons. The normalized spacial score (nSPS) is 15.3. The number of methoxy groups -OCH3 is 2. The molecule has 0 bridgehead atoms. The fourth-order valence-electron chi connectivity index (χ4n) is 4.32. The molecule has 3 aromatic rings. The summed E-state index contributed by atoms with van der Waals surface area (Å²) in [5.74, 6) is 0.447. The molecule has 1 aliphatic rings. The van der Waals surface area contributed by atoms with Crippen LogP contribution in [0.2, 0.25) is 0 Å². The second-order valence-corrected chi connectivity index (χ2v) is 8.40. The van der Waals surface area contributed by atoms with Crippen LogP contribution in [-0.2, 0) is 23.8 Å². The van der Waals surface area contributed by atoms with Crippen LogP contribution in [0, 0.1) is 5.82 Å². The van der Waals surface area contributed by atoms with E-state index in [0.29, 0.717) is 30.0 Å². The molecule has 1 atom stereocenters. The molecule has 0 N–H and O–H groups in total. The molecule has 0 saturated carbocycles. The molecule has 190 valence electrons. The van der Waals surface area contributed by atoms with Crippen LogP contribution in [0.15, 0.2) is 60.7 Å². The number of amides is 1. The van der Waals surface area contributed by atoms with Gasteiger partial charge in [0.1, 0.15) is 18.2 Å². The van der Waals surface area contributed by atoms with Gasteiger partial charge in [0.15, 0.2) is 11.5 Å². The molecule has 5 nitrogen and oxygen atoms in total. The van der Waals surface area contributed by atoms with Gasteiger partial charge >= 0.3 is 6.18 Å². The Balaban J connectivity index is 1.64. The van der Waals surface area contributed by atoms with Gasteiger partial charge in [0.25, 0.3) is 0 Å². The molecule has 9 heteroatoms. The maximum atomic E-state index is 13.3. The van der Waals surface area contributed by atoms with Crippen molar-refractivity contribution in [1.82, 2.24) is 4.90 Å². The molecule has 3 aromatic carbocycles. The largest absolute Gasteiger partial charge is 0.493 e. The number of carbonyl (C=O) groups excluding carboxylic acids is 1. The first-order valence-corrected chi connectivity index (χ1v) is 11.3. The number of ether oxygens (including phenoxy) is 3. The first-order valence-electron chi connectivity index (χ1n) is 11.3. The van der Waals surface area contributed by atoms with Crippen molar-refractivity contribution in [2.24, 2.45) is 0 Å². The first-order chi connectivity index (χ1) is 17.2. The second kappa shape index (κ2) is 10.5. The Labute approximate surface area is 206 Å². The highest BCUT2D eigenvalue weighted by molar-refractivity contribution is 5.80. The summed E-state index contributed by atoms with van der Waals surface area (Å²) in [6.45, 7) is 0.304. The van der Waals surface area contributed by atoms with Crippen LogP contribution in [0.3, 0.4) is 0 Å². The molecule has 0 saturated heterocycles. The summed E-state index contributed by atoms with van der Waals surface area (Å²) < 4.78 is 69.4. The van der Waals surface area contributed by atoms with Gasteiger partial charge in [-0.25, -0.2) is 4.39 Å². The Bertz CT molecular complexity index is 1230. The van der Waals surface area contributed by atoms with Gasteiger partial charge < -0.3 is 19.1 Å². The molecular weight excluding hydrogens is 478 g/mol. The van der Waals surface area contributed by atoms with Gasteiger partial charge in [-0.3, -0.25) is 4.79 Å². The lowest BCUT2D eigenvalue weighted by Gasteiger charge is -2.37. The van der Waals surface area contributed by atoms with E-state index in [9.17, 15) is 22.4 Å². The Hall–Kier alpha value is -3.75. The number of benzene rings is 3. The smallest absolute Gasteiger partial charge is 0.416 e. The van der Waals surface area contributed by atoms with E-state index >= 15 is 0 Å². The maximum Gasteiger partial charge on any atom is 0.416 e. The zero-order valence-corrected chi connectivity index (χ0v) is 19.8. The highest BCUT2D eigenvalue weighted by Crippen LogP contribution is 2.39. The lowest BCUT2D eigenvalue weighted by molar-refractivity contribution is -0.137. The van der Waals surface area contributed by atoms with Gasteiger partial charge in [-0.15, -0.1) is 0 Å². The fourth-order valence-corrected chi connectivity index (χ4v) is 4.32. The molecular formula is C27H25F4NO4. The summed E-state index contributed by atoms with van der Waals surface area (Å²) in [6.07, 6.45) is -3.91. The minimum Gasteiger partial charge on any atom is -0.493 e. The van der Waals surface area contributed by atoms with E-state index in [4.69, 9.17) is 14.2 Å². The third-order valence-electron chi connectivity index (χ3n) is 6.16. The quantitative estimate of drug-likeness (QED) is 0.394. The Morgan fingerprint density at radius 2 is 1.69 bits per heavy atom. The van der Waals surface area contributed by atoms with Crippen molar-refractivity contribution in [3.05, 3.63) is 88.7 Å². The molecule has 0 spiro atoms. The summed E-state index contributed by atoms with van der Waals surface area (Å²) in [4.78, 5) is 15.0.